The van der Waals surface area contributed by atoms with Gasteiger partial charge in [0.2, 0.25) is 0 Å². The molecule has 0 heterocycles. The molecule has 122 valence electrons. The van der Waals surface area contributed by atoms with Crippen LogP contribution in [0.4, 0.5) is 4.39 Å². The van der Waals surface area contributed by atoms with Gasteiger partial charge in [-0.05, 0) is 31.5 Å². The van der Waals surface area contributed by atoms with Gasteiger partial charge in [-0.25, -0.2) is 4.39 Å². The Labute approximate surface area is 134 Å². The molecule has 0 fully saturated rings. The van der Waals surface area contributed by atoms with Gasteiger partial charge in [-0.2, -0.15) is 0 Å². The predicted octanol–water partition coefficient (Wildman–Crippen LogP) is 2.94. The number of hydrogen-bond acceptors (Lipinski definition) is 3. The molecule has 0 spiro atoms. The van der Waals surface area contributed by atoms with E-state index in [2.05, 4.69) is 0 Å². The molecule has 0 aliphatic carbocycles. The molecule has 0 aliphatic heterocycles. The maximum Gasteiger partial charge on any atom is 0.258 e. The molecule has 0 radical (unpaired) electrons. The van der Waals surface area contributed by atoms with Crippen LogP contribution in [0.5, 0.6) is 5.75 Å². The third-order valence-electron chi connectivity index (χ3n) is 3.27. The minimum atomic E-state index is -1.10. The lowest BCUT2D eigenvalue weighted by Gasteiger charge is -2.29. The second-order valence-corrected chi connectivity index (χ2v) is 6.12. The van der Waals surface area contributed by atoms with E-state index in [0.29, 0.717) is 0 Å². The normalized spacial score (nSPS) is 11.3. The summed E-state index contributed by atoms with van der Waals surface area (Å²) in [5, 5.41) is 19.9. The molecule has 0 aromatic heterocycles. The lowest BCUT2D eigenvalue weighted by atomic mass is 10.1. The van der Waals surface area contributed by atoms with Crippen LogP contribution in [-0.4, -0.2) is 33.2 Å². The van der Waals surface area contributed by atoms with Crippen LogP contribution in [0.3, 0.4) is 0 Å². The average Bonchev–Trinajstić information content (AvgIpc) is 2.45. The summed E-state index contributed by atoms with van der Waals surface area (Å²) >= 11 is 0. The minimum Gasteiger partial charge on any atom is -0.507 e. The van der Waals surface area contributed by atoms with Crippen molar-refractivity contribution in [3.63, 3.8) is 0 Å². The molecule has 0 saturated heterocycles. The highest BCUT2D eigenvalue weighted by Gasteiger charge is 2.25. The molecule has 4 nitrogen and oxygen atoms in total. The highest BCUT2D eigenvalue weighted by molar-refractivity contribution is 5.96. The van der Waals surface area contributed by atoms with Gasteiger partial charge >= 0.3 is 0 Å². The van der Waals surface area contributed by atoms with E-state index in [1.807, 2.05) is 30.3 Å². The molecule has 0 atom stereocenters. The van der Waals surface area contributed by atoms with Gasteiger partial charge in [0, 0.05) is 19.2 Å². The number of phenolic OH excluding ortho intramolecular Hbond substituents is 1. The first-order valence-electron chi connectivity index (χ1n) is 7.30. The fourth-order valence-electron chi connectivity index (χ4n) is 2.33. The standard InChI is InChI=1S/C18H20FNO3/c1-18(2,23)12-20(11-13-6-4-3-5-7-13)17(22)15-9-8-14(19)10-16(15)21/h3-10,21,23H,11-12H2,1-2H3. The van der Waals surface area contributed by atoms with Crippen molar-refractivity contribution in [3.05, 3.63) is 65.5 Å². The van der Waals surface area contributed by atoms with Crippen LogP contribution in [0.1, 0.15) is 29.8 Å². The Kier molecular flexibility index (Phi) is 5.01. The summed E-state index contributed by atoms with van der Waals surface area (Å²) in [6, 6.07) is 12.6. The van der Waals surface area contributed by atoms with Crippen LogP contribution in [-0.2, 0) is 6.54 Å². The highest BCUT2D eigenvalue weighted by Crippen LogP contribution is 2.22. The first-order chi connectivity index (χ1) is 10.8. The fourth-order valence-corrected chi connectivity index (χ4v) is 2.33. The minimum absolute atomic E-state index is 0.00609. The van der Waals surface area contributed by atoms with Crippen molar-refractivity contribution in [3.8, 4) is 5.75 Å². The van der Waals surface area contributed by atoms with Gasteiger partial charge in [-0.15, -0.1) is 0 Å². The van der Waals surface area contributed by atoms with Crippen LogP contribution < -0.4 is 0 Å². The number of aromatic hydroxyl groups is 1. The molecule has 2 aromatic rings. The van der Waals surface area contributed by atoms with Gasteiger partial charge in [0.05, 0.1) is 11.2 Å². The average molecular weight is 317 g/mol. The highest BCUT2D eigenvalue weighted by atomic mass is 19.1. The first-order valence-corrected chi connectivity index (χ1v) is 7.30. The third-order valence-corrected chi connectivity index (χ3v) is 3.27. The Morgan fingerprint density at radius 1 is 1.17 bits per heavy atom. The van der Waals surface area contributed by atoms with Gasteiger partial charge < -0.3 is 15.1 Å². The lowest BCUT2D eigenvalue weighted by molar-refractivity contribution is 0.0278. The van der Waals surface area contributed by atoms with Gasteiger partial charge in [0.1, 0.15) is 11.6 Å². The Bertz CT molecular complexity index is 680. The number of aliphatic hydroxyl groups is 1. The first kappa shape index (κ1) is 17.0. The summed E-state index contributed by atoms with van der Waals surface area (Å²) in [5.41, 5.74) is -0.196. The van der Waals surface area contributed by atoms with Crippen molar-refractivity contribution < 1.29 is 19.4 Å². The Morgan fingerprint density at radius 3 is 2.39 bits per heavy atom. The summed E-state index contributed by atoms with van der Waals surface area (Å²) < 4.78 is 13.1. The summed E-state index contributed by atoms with van der Waals surface area (Å²) in [4.78, 5) is 14.1. The molecule has 0 aliphatic rings. The number of hydrogen-bond donors (Lipinski definition) is 2. The number of benzene rings is 2. The molecular formula is C18H20FNO3. The van der Waals surface area contributed by atoms with Crippen molar-refractivity contribution in [2.24, 2.45) is 0 Å². The van der Waals surface area contributed by atoms with Gasteiger partial charge in [-0.3, -0.25) is 4.79 Å². The zero-order valence-electron chi connectivity index (χ0n) is 13.2. The second-order valence-electron chi connectivity index (χ2n) is 6.12. The maximum atomic E-state index is 13.1. The van der Waals surface area contributed by atoms with E-state index in [-0.39, 0.29) is 18.7 Å². The van der Waals surface area contributed by atoms with E-state index in [1.54, 1.807) is 13.8 Å². The smallest absolute Gasteiger partial charge is 0.258 e. The number of halogens is 1. The topological polar surface area (TPSA) is 60.8 Å². The molecule has 1 amide bonds. The summed E-state index contributed by atoms with van der Waals surface area (Å²) in [5.74, 6) is -1.49. The molecule has 0 unspecified atom stereocenters. The number of phenols is 1. The fraction of sp³-hybridized carbons (Fsp3) is 0.278. The van der Waals surface area contributed by atoms with Gasteiger partial charge in [0.25, 0.3) is 5.91 Å². The monoisotopic (exact) mass is 317 g/mol. The molecular weight excluding hydrogens is 297 g/mol. The number of carbonyl (C=O) groups excluding carboxylic acids is 1. The molecule has 0 saturated carbocycles. The van der Waals surface area contributed by atoms with E-state index < -0.39 is 23.1 Å². The lowest BCUT2D eigenvalue weighted by Crippen LogP contribution is -2.41. The van der Waals surface area contributed by atoms with Gasteiger partial charge in [-0.1, -0.05) is 30.3 Å². The molecule has 2 aromatic carbocycles. The summed E-state index contributed by atoms with van der Waals surface area (Å²) in [6.07, 6.45) is 0. The largest absolute Gasteiger partial charge is 0.507 e. The Balaban J connectivity index is 2.30. The van der Waals surface area contributed by atoms with Gasteiger partial charge in [0.15, 0.2) is 0 Å². The molecule has 23 heavy (non-hydrogen) atoms. The summed E-state index contributed by atoms with van der Waals surface area (Å²) in [6.45, 7) is 3.56. The van der Waals surface area contributed by atoms with Crippen LogP contribution in [0, 0.1) is 5.82 Å². The SMILES string of the molecule is CC(C)(O)CN(Cc1ccccc1)C(=O)c1ccc(F)cc1O. The zero-order valence-corrected chi connectivity index (χ0v) is 13.2. The van der Waals surface area contributed by atoms with Crippen LogP contribution >= 0.6 is 0 Å². The molecule has 2 rings (SSSR count). The van der Waals surface area contributed by atoms with E-state index in [4.69, 9.17) is 0 Å². The molecule has 0 bridgehead atoms. The van der Waals surface area contributed by atoms with E-state index >= 15 is 0 Å². The number of nitrogens with zero attached hydrogens (tertiary/aromatic N) is 1. The van der Waals surface area contributed by atoms with E-state index in [0.717, 1.165) is 17.7 Å². The number of rotatable bonds is 5. The van der Waals surface area contributed by atoms with E-state index in [1.165, 1.54) is 11.0 Å². The Hall–Kier alpha value is -2.40. The van der Waals surface area contributed by atoms with Crippen molar-refractivity contribution in [1.82, 2.24) is 4.90 Å². The number of carbonyl (C=O) groups is 1. The predicted molar refractivity (Wildman–Crippen MR) is 85.5 cm³/mol. The van der Waals surface area contributed by atoms with Crippen molar-refractivity contribution in [2.75, 3.05) is 6.54 Å². The van der Waals surface area contributed by atoms with Crippen LogP contribution in [0.2, 0.25) is 0 Å². The van der Waals surface area contributed by atoms with Crippen molar-refractivity contribution >= 4 is 5.91 Å². The van der Waals surface area contributed by atoms with Crippen molar-refractivity contribution in [1.29, 1.82) is 0 Å². The van der Waals surface area contributed by atoms with Crippen LogP contribution in [0.25, 0.3) is 0 Å². The quantitative estimate of drug-likeness (QED) is 0.891. The van der Waals surface area contributed by atoms with Crippen molar-refractivity contribution in [2.45, 2.75) is 26.0 Å². The van der Waals surface area contributed by atoms with E-state index in [9.17, 15) is 19.4 Å². The third kappa shape index (κ3) is 4.79. The maximum absolute atomic E-state index is 13.1. The van der Waals surface area contributed by atoms with Crippen LogP contribution in [0.15, 0.2) is 48.5 Å². The summed E-state index contributed by atoms with van der Waals surface area (Å²) in [7, 11) is 0. The second kappa shape index (κ2) is 6.79. The number of amides is 1. The zero-order chi connectivity index (χ0) is 17.0. The molecule has 2 N–H and O–H groups in total. The molecule has 5 heteroatoms. The Morgan fingerprint density at radius 2 is 1.83 bits per heavy atom.